The van der Waals surface area contributed by atoms with Crippen LogP contribution in [0, 0.1) is 9.49 Å². The molecule has 0 aromatic carbocycles. The summed E-state index contributed by atoms with van der Waals surface area (Å²) in [6.07, 6.45) is 4.35. The summed E-state index contributed by atoms with van der Waals surface area (Å²) >= 11 is 2.01. The van der Waals surface area contributed by atoms with Gasteiger partial charge in [0.25, 0.3) is 5.56 Å². The maximum atomic E-state index is 11.6. The van der Waals surface area contributed by atoms with Crippen molar-refractivity contribution < 1.29 is 0 Å². The first-order valence-corrected chi connectivity index (χ1v) is 6.60. The molecule has 4 nitrogen and oxygen atoms in total. The predicted octanol–water partition coefficient (Wildman–Crippen LogP) is 1.48. The van der Waals surface area contributed by atoms with Gasteiger partial charge in [-0.2, -0.15) is 0 Å². The van der Waals surface area contributed by atoms with E-state index >= 15 is 0 Å². The summed E-state index contributed by atoms with van der Waals surface area (Å²) in [5.74, 6) is 0.717. The molecule has 0 saturated heterocycles. The van der Waals surface area contributed by atoms with Crippen molar-refractivity contribution in [1.82, 2.24) is 14.9 Å². The van der Waals surface area contributed by atoms with Crippen LogP contribution in [0.4, 0.5) is 0 Å². The van der Waals surface area contributed by atoms with Gasteiger partial charge in [0, 0.05) is 19.3 Å². The Kier molecular flexibility index (Phi) is 5.97. The fourth-order valence-corrected chi connectivity index (χ4v) is 1.77. The van der Waals surface area contributed by atoms with Crippen molar-refractivity contribution >= 4 is 22.6 Å². The lowest BCUT2D eigenvalue weighted by molar-refractivity contribution is 0.513. The molecule has 0 saturated carbocycles. The van der Waals surface area contributed by atoms with Gasteiger partial charge < -0.3 is 5.32 Å². The highest BCUT2D eigenvalue weighted by atomic mass is 127. The Morgan fingerprint density at radius 2 is 2.25 bits per heavy atom. The van der Waals surface area contributed by atoms with Gasteiger partial charge in [-0.1, -0.05) is 13.8 Å². The third-order valence-electron chi connectivity index (χ3n) is 2.29. The minimum Gasteiger partial charge on any atom is -0.315 e. The van der Waals surface area contributed by atoms with E-state index in [2.05, 4.69) is 24.1 Å². The van der Waals surface area contributed by atoms with Gasteiger partial charge in [-0.05, 0) is 41.5 Å². The van der Waals surface area contributed by atoms with Crippen LogP contribution < -0.4 is 10.9 Å². The van der Waals surface area contributed by atoms with Gasteiger partial charge in [-0.3, -0.25) is 9.36 Å². The van der Waals surface area contributed by atoms with E-state index in [4.69, 9.17) is 0 Å². The highest BCUT2D eigenvalue weighted by Gasteiger charge is 2.00. The lowest BCUT2D eigenvalue weighted by Gasteiger charge is -2.08. The molecule has 16 heavy (non-hydrogen) atoms. The summed E-state index contributed by atoms with van der Waals surface area (Å²) < 4.78 is 2.31. The summed E-state index contributed by atoms with van der Waals surface area (Å²) in [5.41, 5.74) is 0.0428. The number of nitrogens with zero attached hydrogens (tertiary/aromatic N) is 2. The van der Waals surface area contributed by atoms with E-state index in [-0.39, 0.29) is 5.56 Å². The number of hydrogen-bond donors (Lipinski definition) is 1. The standard InChI is InChI=1S/C11H18IN3O/c1-9(2)3-4-13-5-6-15-8-14-7-10(12)11(15)16/h7-9,13H,3-6H2,1-2H3. The number of aromatic nitrogens is 2. The summed E-state index contributed by atoms with van der Waals surface area (Å²) in [5, 5.41) is 3.32. The number of nitrogens with one attached hydrogen (secondary N) is 1. The van der Waals surface area contributed by atoms with E-state index in [1.807, 2.05) is 22.6 Å². The third-order valence-corrected chi connectivity index (χ3v) is 3.03. The first kappa shape index (κ1) is 13.6. The van der Waals surface area contributed by atoms with Crippen molar-refractivity contribution in [2.45, 2.75) is 26.8 Å². The van der Waals surface area contributed by atoms with E-state index in [0.717, 1.165) is 19.0 Å². The van der Waals surface area contributed by atoms with E-state index in [0.29, 0.717) is 10.1 Å². The number of halogens is 1. The summed E-state index contributed by atoms with van der Waals surface area (Å²) in [4.78, 5) is 15.6. The van der Waals surface area contributed by atoms with Crippen molar-refractivity contribution in [3.8, 4) is 0 Å². The first-order valence-electron chi connectivity index (χ1n) is 5.52. The molecule has 0 spiro atoms. The molecular weight excluding hydrogens is 317 g/mol. The molecule has 0 aliphatic rings. The summed E-state index contributed by atoms with van der Waals surface area (Å²) in [6, 6.07) is 0. The third kappa shape index (κ3) is 4.61. The second-order valence-electron chi connectivity index (χ2n) is 4.17. The normalized spacial score (nSPS) is 11.0. The van der Waals surface area contributed by atoms with E-state index in [1.165, 1.54) is 6.42 Å². The molecule has 0 amide bonds. The lowest BCUT2D eigenvalue weighted by atomic mass is 10.1. The van der Waals surface area contributed by atoms with Crippen molar-refractivity contribution in [3.05, 3.63) is 26.4 Å². The molecule has 0 bridgehead atoms. The fourth-order valence-electron chi connectivity index (χ4n) is 1.30. The van der Waals surface area contributed by atoms with Crippen LogP contribution in [0.3, 0.4) is 0 Å². The largest absolute Gasteiger partial charge is 0.315 e. The van der Waals surface area contributed by atoms with Crippen LogP contribution >= 0.6 is 22.6 Å². The van der Waals surface area contributed by atoms with Crippen LogP contribution in [0.1, 0.15) is 20.3 Å². The molecule has 0 fully saturated rings. The minimum absolute atomic E-state index is 0.0428. The van der Waals surface area contributed by atoms with Crippen LogP contribution in [0.5, 0.6) is 0 Å². The average molecular weight is 335 g/mol. The molecule has 5 heteroatoms. The molecule has 1 heterocycles. The molecule has 1 N–H and O–H groups in total. The highest BCUT2D eigenvalue weighted by Crippen LogP contribution is 1.96. The number of rotatable bonds is 6. The minimum atomic E-state index is 0.0428. The zero-order chi connectivity index (χ0) is 12.0. The Hall–Kier alpha value is -0.430. The van der Waals surface area contributed by atoms with Gasteiger partial charge in [0.15, 0.2) is 0 Å². The van der Waals surface area contributed by atoms with Crippen molar-refractivity contribution in [1.29, 1.82) is 0 Å². The lowest BCUT2D eigenvalue weighted by Crippen LogP contribution is -2.29. The van der Waals surface area contributed by atoms with Gasteiger partial charge in [-0.15, -0.1) is 0 Å². The topological polar surface area (TPSA) is 46.9 Å². The van der Waals surface area contributed by atoms with E-state index < -0.39 is 0 Å². The van der Waals surface area contributed by atoms with Crippen LogP contribution in [0.25, 0.3) is 0 Å². The second-order valence-corrected chi connectivity index (χ2v) is 5.33. The van der Waals surface area contributed by atoms with E-state index in [1.54, 1.807) is 17.1 Å². The maximum absolute atomic E-state index is 11.6. The van der Waals surface area contributed by atoms with Gasteiger partial charge >= 0.3 is 0 Å². The van der Waals surface area contributed by atoms with Crippen LogP contribution in [-0.4, -0.2) is 22.6 Å². The molecule has 1 aromatic heterocycles. The van der Waals surface area contributed by atoms with Gasteiger partial charge in [0.05, 0.1) is 9.90 Å². The summed E-state index contributed by atoms with van der Waals surface area (Å²) in [7, 11) is 0. The average Bonchev–Trinajstić information content (AvgIpc) is 2.23. The van der Waals surface area contributed by atoms with Gasteiger partial charge in [-0.25, -0.2) is 4.98 Å². The SMILES string of the molecule is CC(C)CCNCCn1cncc(I)c1=O. The molecule has 0 unspecified atom stereocenters. The monoisotopic (exact) mass is 335 g/mol. The Morgan fingerprint density at radius 3 is 2.94 bits per heavy atom. The second kappa shape index (κ2) is 7.01. The van der Waals surface area contributed by atoms with Gasteiger partial charge in [0.1, 0.15) is 0 Å². The molecule has 0 atom stereocenters. The molecule has 0 radical (unpaired) electrons. The predicted molar refractivity (Wildman–Crippen MR) is 73.5 cm³/mol. The van der Waals surface area contributed by atoms with Crippen LogP contribution in [0.15, 0.2) is 17.3 Å². The van der Waals surface area contributed by atoms with Crippen molar-refractivity contribution in [2.24, 2.45) is 5.92 Å². The Balaban J connectivity index is 2.32. The molecule has 90 valence electrons. The quantitative estimate of drug-likeness (QED) is 0.633. The Morgan fingerprint density at radius 1 is 1.50 bits per heavy atom. The molecule has 0 aliphatic carbocycles. The maximum Gasteiger partial charge on any atom is 0.266 e. The molecule has 1 aromatic rings. The smallest absolute Gasteiger partial charge is 0.266 e. The number of hydrogen-bond acceptors (Lipinski definition) is 3. The van der Waals surface area contributed by atoms with Crippen LogP contribution in [0.2, 0.25) is 0 Å². The van der Waals surface area contributed by atoms with Gasteiger partial charge in [0.2, 0.25) is 0 Å². The molecule has 0 aliphatic heterocycles. The zero-order valence-electron chi connectivity index (χ0n) is 9.74. The van der Waals surface area contributed by atoms with Crippen molar-refractivity contribution in [2.75, 3.05) is 13.1 Å². The first-order chi connectivity index (χ1) is 7.61. The fraction of sp³-hybridized carbons (Fsp3) is 0.636. The Labute approximate surface area is 110 Å². The van der Waals surface area contributed by atoms with E-state index in [9.17, 15) is 4.79 Å². The zero-order valence-corrected chi connectivity index (χ0v) is 11.9. The van der Waals surface area contributed by atoms with Crippen LogP contribution in [-0.2, 0) is 6.54 Å². The summed E-state index contributed by atoms with van der Waals surface area (Å²) in [6.45, 7) is 6.91. The Bertz CT molecular complexity index is 376. The van der Waals surface area contributed by atoms with Crippen molar-refractivity contribution in [3.63, 3.8) is 0 Å². The molecular formula is C11H18IN3O. The highest BCUT2D eigenvalue weighted by molar-refractivity contribution is 14.1. The molecule has 1 rings (SSSR count).